The molecule has 1 fully saturated rings. The van der Waals surface area contributed by atoms with Crippen molar-refractivity contribution in [2.75, 3.05) is 0 Å². The Bertz CT molecular complexity index is 128. The van der Waals surface area contributed by atoms with Crippen molar-refractivity contribution in [2.45, 2.75) is 50.3 Å². The largest absolute Gasteiger partial charge is 0.123 e. The lowest BCUT2D eigenvalue weighted by Gasteiger charge is -2.22. The van der Waals surface area contributed by atoms with Crippen LogP contribution in [-0.2, 0) is 0 Å². The van der Waals surface area contributed by atoms with Gasteiger partial charge in [0.25, 0.3) is 0 Å². The molecule has 1 saturated carbocycles. The van der Waals surface area contributed by atoms with E-state index in [4.69, 9.17) is 11.6 Å². The van der Waals surface area contributed by atoms with E-state index in [1.807, 2.05) is 0 Å². The van der Waals surface area contributed by atoms with E-state index in [0.717, 1.165) is 5.92 Å². The van der Waals surface area contributed by atoms with Crippen LogP contribution in [0.3, 0.4) is 0 Å². The SMILES string of the molecule is C[Si](C)(C)C[C@H]1CCC[C@@H]1Cl. The number of hydrogen-bond acceptors (Lipinski definition) is 0. The highest BCUT2D eigenvalue weighted by Gasteiger charge is 2.29. The van der Waals surface area contributed by atoms with Crippen molar-refractivity contribution in [3.8, 4) is 0 Å². The van der Waals surface area contributed by atoms with E-state index in [-0.39, 0.29) is 0 Å². The van der Waals surface area contributed by atoms with Gasteiger partial charge in [0.05, 0.1) is 0 Å². The third kappa shape index (κ3) is 3.16. The first-order chi connectivity index (χ1) is 4.99. The molecule has 0 saturated heterocycles. The highest BCUT2D eigenvalue weighted by atomic mass is 35.5. The van der Waals surface area contributed by atoms with Crippen molar-refractivity contribution in [3.63, 3.8) is 0 Å². The Labute approximate surface area is 76.3 Å². The molecule has 0 heterocycles. The van der Waals surface area contributed by atoms with Crippen LogP contribution in [0.5, 0.6) is 0 Å². The topological polar surface area (TPSA) is 0 Å². The molecule has 1 aliphatic rings. The lowest BCUT2D eigenvalue weighted by Crippen LogP contribution is -2.25. The van der Waals surface area contributed by atoms with Crippen LogP contribution in [0, 0.1) is 5.92 Å². The second-order valence-corrected chi connectivity index (χ2v) is 11.1. The minimum absolute atomic E-state index is 0.502. The molecule has 0 aliphatic heterocycles. The molecule has 0 spiro atoms. The third-order valence-corrected chi connectivity index (χ3v) is 4.76. The minimum atomic E-state index is -0.848. The number of halogens is 1. The molecule has 0 N–H and O–H groups in total. The minimum Gasteiger partial charge on any atom is -0.123 e. The summed E-state index contributed by atoms with van der Waals surface area (Å²) in [6.07, 6.45) is 4.01. The maximum atomic E-state index is 6.21. The number of hydrogen-bond donors (Lipinski definition) is 0. The molecule has 2 atom stereocenters. The first-order valence-corrected chi connectivity index (χ1v) is 8.77. The maximum absolute atomic E-state index is 6.21. The molecule has 0 radical (unpaired) electrons. The predicted octanol–water partition coefficient (Wildman–Crippen LogP) is 3.73. The van der Waals surface area contributed by atoms with Crippen molar-refractivity contribution in [1.82, 2.24) is 0 Å². The van der Waals surface area contributed by atoms with E-state index in [0.29, 0.717) is 5.38 Å². The van der Waals surface area contributed by atoms with Gasteiger partial charge in [-0.2, -0.15) is 0 Å². The molecule has 0 bridgehead atoms. The fraction of sp³-hybridized carbons (Fsp3) is 1.00. The lowest BCUT2D eigenvalue weighted by molar-refractivity contribution is 0.608. The van der Waals surface area contributed by atoms with Crippen molar-refractivity contribution >= 4 is 19.7 Å². The van der Waals surface area contributed by atoms with Gasteiger partial charge in [-0.05, 0) is 18.8 Å². The standard InChI is InChI=1S/C9H19ClSi/c1-11(2,3)7-8-5-4-6-9(8)10/h8-9H,4-7H2,1-3H3/t8-,9+/m1/s1. The molecule has 0 amide bonds. The Morgan fingerprint density at radius 2 is 1.91 bits per heavy atom. The quantitative estimate of drug-likeness (QED) is 0.460. The van der Waals surface area contributed by atoms with Gasteiger partial charge >= 0.3 is 0 Å². The van der Waals surface area contributed by atoms with Crippen molar-refractivity contribution in [3.05, 3.63) is 0 Å². The van der Waals surface area contributed by atoms with Crippen LogP contribution >= 0.6 is 11.6 Å². The molecule has 0 nitrogen and oxygen atoms in total. The summed E-state index contributed by atoms with van der Waals surface area (Å²) in [6.45, 7) is 7.32. The van der Waals surface area contributed by atoms with Crippen molar-refractivity contribution in [1.29, 1.82) is 0 Å². The lowest BCUT2D eigenvalue weighted by atomic mass is 10.1. The Hall–Kier alpha value is 0.507. The Kier molecular flexibility index (Phi) is 3.04. The van der Waals surface area contributed by atoms with Crippen LogP contribution in [-0.4, -0.2) is 13.5 Å². The van der Waals surface area contributed by atoms with E-state index in [1.165, 1.54) is 25.3 Å². The van der Waals surface area contributed by atoms with Crippen LogP contribution in [0.2, 0.25) is 25.7 Å². The fourth-order valence-corrected chi connectivity index (χ4v) is 4.59. The van der Waals surface area contributed by atoms with Gasteiger partial charge in [-0.15, -0.1) is 11.6 Å². The average molecular weight is 191 g/mol. The highest BCUT2D eigenvalue weighted by Crippen LogP contribution is 2.35. The third-order valence-electron chi connectivity index (χ3n) is 2.44. The molecule has 0 aromatic rings. The zero-order valence-electron chi connectivity index (χ0n) is 7.86. The van der Waals surface area contributed by atoms with E-state index < -0.39 is 8.07 Å². The Balaban J connectivity index is 2.37. The molecule has 1 aliphatic carbocycles. The zero-order chi connectivity index (χ0) is 8.48. The summed E-state index contributed by atoms with van der Waals surface area (Å²) >= 11 is 6.21. The smallest absolute Gasteiger partial charge is 0.0445 e. The predicted molar refractivity (Wildman–Crippen MR) is 55.1 cm³/mol. The summed E-state index contributed by atoms with van der Waals surface area (Å²) in [5.74, 6) is 0.850. The summed E-state index contributed by atoms with van der Waals surface area (Å²) in [5.41, 5.74) is 0. The van der Waals surface area contributed by atoms with E-state index >= 15 is 0 Å². The number of alkyl halides is 1. The van der Waals surface area contributed by atoms with Gasteiger partial charge in [0.2, 0.25) is 0 Å². The van der Waals surface area contributed by atoms with Gasteiger partial charge in [-0.1, -0.05) is 32.1 Å². The molecular formula is C9H19ClSi. The summed E-state index contributed by atoms with van der Waals surface area (Å²) in [7, 11) is -0.848. The summed E-state index contributed by atoms with van der Waals surface area (Å²) in [5, 5.41) is 0.502. The van der Waals surface area contributed by atoms with Crippen LogP contribution in [0.15, 0.2) is 0 Å². The highest BCUT2D eigenvalue weighted by molar-refractivity contribution is 6.76. The first kappa shape index (κ1) is 9.59. The first-order valence-electron chi connectivity index (χ1n) is 4.63. The van der Waals surface area contributed by atoms with E-state index in [1.54, 1.807) is 0 Å². The molecule has 1 rings (SSSR count). The van der Waals surface area contributed by atoms with Crippen LogP contribution in [0.25, 0.3) is 0 Å². The van der Waals surface area contributed by atoms with Gasteiger partial charge in [0, 0.05) is 13.5 Å². The van der Waals surface area contributed by atoms with Gasteiger partial charge < -0.3 is 0 Å². The second kappa shape index (κ2) is 3.49. The maximum Gasteiger partial charge on any atom is 0.0445 e. The molecule has 2 heteroatoms. The van der Waals surface area contributed by atoms with E-state index in [9.17, 15) is 0 Å². The van der Waals surface area contributed by atoms with Gasteiger partial charge in [0.15, 0.2) is 0 Å². The number of rotatable bonds is 2. The van der Waals surface area contributed by atoms with E-state index in [2.05, 4.69) is 19.6 Å². The summed E-state index contributed by atoms with van der Waals surface area (Å²) < 4.78 is 0. The van der Waals surface area contributed by atoms with Gasteiger partial charge in [-0.25, -0.2) is 0 Å². The average Bonchev–Trinajstić information content (AvgIpc) is 2.12. The van der Waals surface area contributed by atoms with Crippen LogP contribution in [0.1, 0.15) is 19.3 Å². The fourth-order valence-electron chi connectivity index (χ4n) is 2.01. The molecule has 11 heavy (non-hydrogen) atoms. The van der Waals surface area contributed by atoms with Crippen molar-refractivity contribution in [2.24, 2.45) is 5.92 Å². The molecule has 66 valence electrons. The normalized spacial score (nSPS) is 32.7. The molecule has 0 aromatic carbocycles. The molecular weight excluding hydrogens is 172 g/mol. The van der Waals surface area contributed by atoms with Gasteiger partial charge in [0.1, 0.15) is 0 Å². The van der Waals surface area contributed by atoms with Crippen LogP contribution in [0.4, 0.5) is 0 Å². The van der Waals surface area contributed by atoms with Crippen molar-refractivity contribution < 1.29 is 0 Å². The van der Waals surface area contributed by atoms with Crippen LogP contribution < -0.4 is 0 Å². The summed E-state index contributed by atoms with van der Waals surface area (Å²) in [4.78, 5) is 0. The van der Waals surface area contributed by atoms with Gasteiger partial charge in [-0.3, -0.25) is 0 Å². The summed E-state index contributed by atoms with van der Waals surface area (Å²) in [6, 6.07) is 1.43. The molecule has 0 unspecified atom stereocenters. The zero-order valence-corrected chi connectivity index (χ0v) is 9.62. The molecule has 0 aromatic heterocycles. The second-order valence-electron chi connectivity index (χ2n) is 4.97. The monoisotopic (exact) mass is 190 g/mol. The Morgan fingerprint density at radius 3 is 2.27 bits per heavy atom. The Morgan fingerprint density at radius 1 is 1.27 bits per heavy atom.